The van der Waals surface area contributed by atoms with E-state index in [9.17, 15) is 13.2 Å². The Kier molecular flexibility index (Phi) is 4.45. The van der Waals surface area contributed by atoms with Crippen LogP contribution in [0.1, 0.15) is 6.92 Å². The Morgan fingerprint density at radius 2 is 2.12 bits per heavy atom. The van der Waals surface area contributed by atoms with Gasteiger partial charge in [-0.2, -0.15) is 0 Å². The standard InChI is InChI=1S/C10H15N3O3S/c1-8(14)11-6-7-13-10-9(17(2,15)16)4-3-5-12-10/h3-5H,6-7H2,1-2H3,(H,11,14)(H,12,13). The van der Waals surface area contributed by atoms with Gasteiger partial charge >= 0.3 is 0 Å². The minimum atomic E-state index is -3.30. The first-order valence-corrected chi connectivity index (χ1v) is 6.94. The van der Waals surface area contributed by atoms with E-state index >= 15 is 0 Å². The van der Waals surface area contributed by atoms with Crippen molar-refractivity contribution in [1.29, 1.82) is 0 Å². The van der Waals surface area contributed by atoms with Gasteiger partial charge in [0, 0.05) is 32.5 Å². The summed E-state index contributed by atoms with van der Waals surface area (Å²) in [6, 6.07) is 3.05. The van der Waals surface area contributed by atoms with Gasteiger partial charge in [0.1, 0.15) is 10.7 Å². The molecular formula is C10H15N3O3S. The molecule has 1 rings (SSSR count). The van der Waals surface area contributed by atoms with E-state index in [-0.39, 0.29) is 10.8 Å². The molecule has 0 aromatic carbocycles. The smallest absolute Gasteiger partial charge is 0.216 e. The first-order chi connectivity index (χ1) is 7.91. The number of sulfone groups is 1. The maximum atomic E-state index is 11.4. The number of rotatable bonds is 5. The summed E-state index contributed by atoms with van der Waals surface area (Å²) >= 11 is 0. The second-order valence-corrected chi connectivity index (χ2v) is 5.52. The lowest BCUT2D eigenvalue weighted by atomic mass is 10.4. The van der Waals surface area contributed by atoms with Gasteiger partial charge in [0.2, 0.25) is 5.91 Å². The predicted octanol–water partition coefficient (Wildman–Crippen LogP) is 0.0331. The summed E-state index contributed by atoms with van der Waals surface area (Å²) in [5.41, 5.74) is 0. The average Bonchev–Trinajstić information content (AvgIpc) is 2.23. The van der Waals surface area contributed by atoms with E-state index in [1.807, 2.05) is 0 Å². The molecule has 0 spiro atoms. The molecule has 0 aliphatic heterocycles. The summed E-state index contributed by atoms with van der Waals surface area (Å²) in [6.07, 6.45) is 2.64. The fourth-order valence-electron chi connectivity index (χ4n) is 1.24. The quantitative estimate of drug-likeness (QED) is 0.727. The highest BCUT2D eigenvalue weighted by Crippen LogP contribution is 2.16. The maximum absolute atomic E-state index is 11.4. The Morgan fingerprint density at radius 1 is 1.41 bits per heavy atom. The first-order valence-electron chi connectivity index (χ1n) is 5.04. The zero-order valence-electron chi connectivity index (χ0n) is 9.73. The van der Waals surface area contributed by atoms with Gasteiger partial charge in [-0.05, 0) is 12.1 Å². The van der Waals surface area contributed by atoms with Crippen LogP contribution >= 0.6 is 0 Å². The van der Waals surface area contributed by atoms with Gasteiger partial charge in [0.05, 0.1) is 0 Å². The van der Waals surface area contributed by atoms with Crippen LogP contribution in [0.2, 0.25) is 0 Å². The monoisotopic (exact) mass is 257 g/mol. The fraction of sp³-hybridized carbons (Fsp3) is 0.400. The molecule has 1 aromatic heterocycles. The minimum Gasteiger partial charge on any atom is -0.367 e. The third kappa shape index (κ3) is 4.39. The van der Waals surface area contributed by atoms with Gasteiger partial charge in [0.15, 0.2) is 9.84 Å². The molecule has 0 radical (unpaired) electrons. The lowest BCUT2D eigenvalue weighted by Gasteiger charge is -2.09. The lowest BCUT2D eigenvalue weighted by molar-refractivity contribution is -0.118. The summed E-state index contributed by atoms with van der Waals surface area (Å²) in [5.74, 6) is 0.177. The number of hydrogen-bond acceptors (Lipinski definition) is 5. The second kappa shape index (κ2) is 5.62. The number of aromatic nitrogens is 1. The fourth-order valence-corrected chi connectivity index (χ4v) is 2.04. The number of anilines is 1. The minimum absolute atomic E-state index is 0.129. The number of pyridine rings is 1. The third-order valence-electron chi connectivity index (χ3n) is 1.96. The molecule has 6 nitrogen and oxygen atoms in total. The van der Waals surface area contributed by atoms with E-state index in [1.165, 1.54) is 19.2 Å². The summed E-state index contributed by atoms with van der Waals surface area (Å²) in [7, 11) is -3.30. The molecule has 0 saturated carbocycles. The Morgan fingerprint density at radius 3 is 2.71 bits per heavy atom. The van der Waals surface area contributed by atoms with E-state index in [2.05, 4.69) is 15.6 Å². The van der Waals surface area contributed by atoms with Crippen molar-refractivity contribution in [3.05, 3.63) is 18.3 Å². The van der Waals surface area contributed by atoms with E-state index in [0.29, 0.717) is 18.9 Å². The van der Waals surface area contributed by atoms with Crippen LogP contribution in [0.15, 0.2) is 23.2 Å². The van der Waals surface area contributed by atoms with Crippen LogP contribution in [0, 0.1) is 0 Å². The van der Waals surface area contributed by atoms with Crippen LogP contribution in [0.4, 0.5) is 5.82 Å². The maximum Gasteiger partial charge on any atom is 0.216 e. The van der Waals surface area contributed by atoms with E-state index < -0.39 is 9.84 Å². The SMILES string of the molecule is CC(=O)NCCNc1ncccc1S(C)(=O)=O. The van der Waals surface area contributed by atoms with E-state index in [0.717, 1.165) is 6.26 Å². The number of hydrogen-bond donors (Lipinski definition) is 2. The normalized spacial score (nSPS) is 10.9. The van der Waals surface area contributed by atoms with Crippen LogP contribution in [0.25, 0.3) is 0 Å². The largest absolute Gasteiger partial charge is 0.367 e. The second-order valence-electron chi connectivity index (χ2n) is 3.53. The van der Waals surface area contributed by atoms with Crippen LogP contribution in [-0.2, 0) is 14.6 Å². The molecule has 0 bridgehead atoms. The summed E-state index contributed by atoms with van der Waals surface area (Å²) in [6.45, 7) is 2.25. The Labute approximate surface area is 100 Å². The van der Waals surface area contributed by atoms with Crippen LogP contribution < -0.4 is 10.6 Å². The van der Waals surface area contributed by atoms with Crippen molar-refractivity contribution in [2.45, 2.75) is 11.8 Å². The molecule has 0 aliphatic rings. The summed E-state index contributed by atoms with van der Waals surface area (Å²) in [5, 5.41) is 5.47. The number of nitrogens with one attached hydrogen (secondary N) is 2. The third-order valence-corrected chi connectivity index (χ3v) is 3.09. The summed E-state index contributed by atoms with van der Waals surface area (Å²) in [4.78, 5) is 14.7. The number of carbonyl (C=O) groups is 1. The van der Waals surface area contributed by atoms with Crippen molar-refractivity contribution in [1.82, 2.24) is 10.3 Å². The van der Waals surface area contributed by atoms with Crippen molar-refractivity contribution < 1.29 is 13.2 Å². The van der Waals surface area contributed by atoms with Crippen molar-refractivity contribution in [3.8, 4) is 0 Å². The Balaban J connectivity index is 2.68. The molecule has 2 N–H and O–H groups in total. The molecule has 94 valence electrons. The highest BCUT2D eigenvalue weighted by atomic mass is 32.2. The number of amides is 1. The van der Waals surface area contributed by atoms with Crippen molar-refractivity contribution in [2.75, 3.05) is 24.7 Å². The van der Waals surface area contributed by atoms with Gasteiger partial charge < -0.3 is 10.6 Å². The first kappa shape index (κ1) is 13.4. The van der Waals surface area contributed by atoms with Gasteiger partial charge in [0.25, 0.3) is 0 Å². The van der Waals surface area contributed by atoms with Crippen LogP contribution in [-0.4, -0.2) is 38.7 Å². The van der Waals surface area contributed by atoms with E-state index in [4.69, 9.17) is 0 Å². The van der Waals surface area contributed by atoms with Crippen molar-refractivity contribution >= 4 is 21.6 Å². The predicted molar refractivity (Wildman–Crippen MR) is 64.5 cm³/mol. The molecule has 17 heavy (non-hydrogen) atoms. The van der Waals surface area contributed by atoms with E-state index in [1.54, 1.807) is 6.07 Å². The topological polar surface area (TPSA) is 88.2 Å². The average molecular weight is 257 g/mol. The molecule has 0 aliphatic carbocycles. The summed E-state index contributed by atoms with van der Waals surface area (Å²) < 4.78 is 22.9. The van der Waals surface area contributed by atoms with Crippen molar-refractivity contribution in [2.24, 2.45) is 0 Å². The molecule has 0 atom stereocenters. The number of nitrogens with zero attached hydrogens (tertiary/aromatic N) is 1. The van der Waals surface area contributed by atoms with Gasteiger partial charge in [-0.25, -0.2) is 13.4 Å². The molecule has 0 fully saturated rings. The molecule has 1 aromatic rings. The molecule has 0 unspecified atom stereocenters. The molecule has 0 saturated heterocycles. The highest BCUT2D eigenvalue weighted by Gasteiger charge is 2.13. The van der Waals surface area contributed by atoms with Gasteiger partial charge in [-0.1, -0.05) is 0 Å². The van der Waals surface area contributed by atoms with Gasteiger partial charge in [-0.3, -0.25) is 4.79 Å². The molecule has 1 heterocycles. The zero-order valence-corrected chi connectivity index (χ0v) is 10.5. The van der Waals surface area contributed by atoms with Crippen LogP contribution in [0.3, 0.4) is 0 Å². The Bertz CT molecular complexity index is 499. The Hall–Kier alpha value is -1.63. The molecular weight excluding hydrogens is 242 g/mol. The zero-order chi connectivity index (χ0) is 12.9. The lowest BCUT2D eigenvalue weighted by Crippen LogP contribution is -2.26. The van der Waals surface area contributed by atoms with Crippen molar-refractivity contribution in [3.63, 3.8) is 0 Å². The van der Waals surface area contributed by atoms with Gasteiger partial charge in [-0.15, -0.1) is 0 Å². The highest BCUT2D eigenvalue weighted by molar-refractivity contribution is 7.90. The molecule has 1 amide bonds. The molecule has 7 heteroatoms. The van der Waals surface area contributed by atoms with Crippen LogP contribution in [0.5, 0.6) is 0 Å². The number of carbonyl (C=O) groups excluding carboxylic acids is 1.